The van der Waals surface area contributed by atoms with Crippen LogP contribution in [0.1, 0.15) is 11.6 Å². The Morgan fingerprint density at radius 1 is 1.00 bits per heavy atom. The molecule has 140 valence electrons. The molecule has 0 amide bonds. The second-order valence-electron chi connectivity index (χ2n) is 5.80. The van der Waals surface area contributed by atoms with Gasteiger partial charge in [0.25, 0.3) is 15.7 Å². The molecule has 0 atom stereocenters. The molecule has 0 aliphatic rings. The van der Waals surface area contributed by atoms with Gasteiger partial charge in [-0.15, -0.1) is 0 Å². The highest BCUT2D eigenvalue weighted by atomic mass is 32.2. The van der Waals surface area contributed by atoms with Crippen LogP contribution in [0.2, 0.25) is 0 Å². The van der Waals surface area contributed by atoms with E-state index >= 15 is 0 Å². The van der Waals surface area contributed by atoms with Crippen LogP contribution < -0.4 is 0 Å². The van der Waals surface area contributed by atoms with Crippen LogP contribution in [0, 0.1) is 10.1 Å². The highest BCUT2D eigenvalue weighted by molar-refractivity contribution is 7.90. The maximum absolute atomic E-state index is 13.4. The van der Waals surface area contributed by atoms with E-state index in [1.807, 2.05) is 0 Å². The molecular formula is C19H13N3O5S. The van der Waals surface area contributed by atoms with E-state index in [9.17, 15) is 18.5 Å². The fraction of sp³-hybridized carbons (Fsp3) is 0. The third-order valence-electron chi connectivity index (χ3n) is 4.06. The van der Waals surface area contributed by atoms with Gasteiger partial charge in [0.1, 0.15) is 11.6 Å². The number of aromatic nitrogens is 2. The SMILES string of the molecule is O=[N+]([O-])c1ccccc1S(=O)(=O)n1c(C=Cc2ccco2)nc2ccccc21. The average Bonchev–Trinajstić information content (AvgIpc) is 3.33. The monoisotopic (exact) mass is 395 g/mol. The third-order valence-corrected chi connectivity index (χ3v) is 5.83. The van der Waals surface area contributed by atoms with Crippen molar-refractivity contribution in [2.45, 2.75) is 4.90 Å². The Labute approximate surface area is 159 Å². The molecule has 4 aromatic rings. The Kier molecular flexibility index (Phi) is 4.28. The van der Waals surface area contributed by atoms with Crippen molar-refractivity contribution in [3.05, 3.63) is 88.6 Å². The maximum Gasteiger partial charge on any atom is 0.289 e. The van der Waals surface area contributed by atoms with E-state index in [0.29, 0.717) is 16.8 Å². The van der Waals surface area contributed by atoms with Crippen LogP contribution >= 0.6 is 0 Å². The molecule has 0 aliphatic carbocycles. The zero-order valence-electron chi connectivity index (χ0n) is 14.3. The zero-order chi connectivity index (χ0) is 19.7. The van der Waals surface area contributed by atoms with Gasteiger partial charge in [0, 0.05) is 6.07 Å². The summed E-state index contributed by atoms with van der Waals surface area (Å²) in [6, 6.07) is 15.3. The number of hydrogen-bond acceptors (Lipinski definition) is 6. The fourth-order valence-corrected chi connectivity index (χ4v) is 4.46. The number of nitrogens with zero attached hydrogens (tertiary/aromatic N) is 3. The summed E-state index contributed by atoms with van der Waals surface area (Å²) in [5, 5.41) is 11.4. The lowest BCUT2D eigenvalue weighted by molar-refractivity contribution is -0.387. The number of fused-ring (bicyclic) bond motifs is 1. The number of nitro benzene ring substituents is 1. The van der Waals surface area contributed by atoms with Crippen LogP contribution in [0.25, 0.3) is 23.2 Å². The Balaban J connectivity index is 1.97. The second kappa shape index (κ2) is 6.78. The summed E-state index contributed by atoms with van der Waals surface area (Å²) in [5.74, 6) is 0.623. The quantitative estimate of drug-likeness (QED) is 0.374. The minimum absolute atomic E-state index is 0.107. The first kappa shape index (κ1) is 17.7. The summed E-state index contributed by atoms with van der Waals surface area (Å²) in [7, 11) is -4.29. The van der Waals surface area contributed by atoms with Gasteiger partial charge < -0.3 is 4.42 Å². The molecule has 0 saturated heterocycles. The van der Waals surface area contributed by atoms with Crippen molar-refractivity contribution >= 4 is 38.9 Å². The fourth-order valence-electron chi connectivity index (χ4n) is 2.85. The van der Waals surface area contributed by atoms with Gasteiger partial charge >= 0.3 is 0 Å². The summed E-state index contributed by atoms with van der Waals surface area (Å²) in [5.41, 5.74) is 0.268. The van der Waals surface area contributed by atoms with Gasteiger partial charge in [-0.05, 0) is 42.5 Å². The number of hydrogen-bond donors (Lipinski definition) is 0. The molecule has 0 unspecified atom stereocenters. The minimum Gasteiger partial charge on any atom is -0.465 e. The first-order valence-corrected chi connectivity index (χ1v) is 9.60. The molecule has 0 aliphatic heterocycles. The third kappa shape index (κ3) is 2.97. The summed E-state index contributed by atoms with van der Waals surface area (Å²) in [6.45, 7) is 0. The maximum atomic E-state index is 13.4. The normalized spacial score (nSPS) is 12.0. The number of para-hydroxylation sites is 3. The first-order valence-electron chi connectivity index (χ1n) is 8.16. The van der Waals surface area contributed by atoms with Crippen molar-refractivity contribution in [2.24, 2.45) is 0 Å². The molecule has 0 N–H and O–H groups in total. The number of nitro groups is 1. The lowest BCUT2D eigenvalue weighted by Gasteiger charge is -2.09. The van der Waals surface area contributed by atoms with Crippen molar-refractivity contribution in [1.82, 2.24) is 8.96 Å². The predicted octanol–water partition coefficient (Wildman–Crippen LogP) is 3.94. The van der Waals surface area contributed by atoms with E-state index < -0.39 is 25.5 Å². The van der Waals surface area contributed by atoms with E-state index in [1.165, 1.54) is 30.5 Å². The van der Waals surface area contributed by atoms with Gasteiger partial charge in [-0.3, -0.25) is 10.1 Å². The van der Waals surface area contributed by atoms with Crippen molar-refractivity contribution in [1.29, 1.82) is 0 Å². The average molecular weight is 395 g/mol. The van der Waals surface area contributed by atoms with Gasteiger partial charge in [-0.25, -0.2) is 17.4 Å². The van der Waals surface area contributed by atoms with Crippen molar-refractivity contribution in [3.63, 3.8) is 0 Å². The Bertz CT molecular complexity index is 1300. The summed E-state index contributed by atoms with van der Waals surface area (Å²) in [4.78, 5) is 14.6. The summed E-state index contributed by atoms with van der Waals surface area (Å²) >= 11 is 0. The Hall–Kier alpha value is -3.72. The molecule has 0 saturated carbocycles. The van der Waals surface area contributed by atoms with Crippen molar-refractivity contribution < 1.29 is 17.8 Å². The molecular weight excluding hydrogens is 382 g/mol. The lowest BCUT2D eigenvalue weighted by Crippen LogP contribution is -2.16. The number of benzene rings is 2. The second-order valence-corrected chi connectivity index (χ2v) is 7.56. The Morgan fingerprint density at radius 3 is 2.50 bits per heavy atom. The number of imidazole rings is 1. The van der Waals surface area contributed by atoms with Crippen LogP contribution in [0.4, 0.5) is 5.69 Å². The van der Waals surface area contributed by atoms with Crippen LogP contribution in [0.3, 0.4) is 0 Å². The molecule has 0 spiro atoms. The molecule has 28 heavy (non-hydrogen) atoms. The molecule has 4 rings (SSSR count). The van der Waals surface area contributed by atoms with E-state index in [2.05, 4.69) is 4.98 Å². The smallest absolute Gasteiger partial charge is 0.289 e. The first-order chi connectivity index (χ1) is 13.5. The van der Waals surface area contributed by atoms with Crippen molar-refractivity contribution in [2.75, 3.05) is 0 Å². The van der Waals surface area contributed by atoms with E-state index in [-0.39, 0.29) is 5.82 Å². The highest BCUT2D eigenvalue weighted by Gasteiger charge is 2.30. The molecule has 9 heteroatoms. The molecule has 2 aromatic carbocycles. The molecule has 0 fully saturated rings. The molecule has 2 heterocycles. The van der Waals surface area contributed by atoms with E-state index in [1.54, 1.807) is 42.5 Å². The van der Waals surface area contributed by atoms with Crippen LogP contribution in [-0.4, -0.2) is 22.3 Å². The molecule has 0 radical (unpaired) electrons. The van der Waals surface area contributed by atoms with Gasteiger partial charge in [0.15, 0.2) is 4.90 Å². The highest BCUT2D eigenvalue weighted by Crippen LogP contribution is 2.29. The van der Waals surface area contributed by atoms with Gasteiger partial charge in [-0.1, -0.05) is 24.3 Å². The molecule has 0 bridgehead atoms. The van der Waals surface area contributed by atoms with Gasteiger partial charge in [0.05, 0.1) is 22.2 Å². The number of rotatable bonds is 5. The largest absolute Gasteiger partial charge is 0.465 e. The topological polar surface area (TPSA) is 108 Å². The summed E-state index contributed by atoms with van der Waals surface area (Å²) in [6.07, 6.45) is 4.56. The summed E-state index contributed by atoms with van der Waals surface area (Å²) < 4.78 is 33.0. The van der Waals surface area contributed by atoms with Crippen molar-refractivity contribution in [3.8, 4) is 0 Å². The van der Waals surface area contributed by atoms with Crippen LogP contribution in [-0.2, 0) is 10.0 Å². The minimum atomic E-state index is -4.29. The standard InChI is InChI=1S/C19H13N3O5S/c23-22(24)17-9-3-4-10-18(17)28(25,26)21-16-8-2-1-7-15(16)20-19(21)12-11-14-6-5-13-27-14/h1-13H. The number of furan rings is 1. The van der Waals surface area contributed by atoms with Crippen LogP contribution in [0.15, 0.2) is 76.2 Å². The molecule has 8 nitrogen and oxygen atoms in total. The van der Waals surface area contributed by atoms with Crippen LogP contribution in [0.5, 0.6) is 0 Å². The van der Waals surface area contributed by atoms with Gasteiger partial charge in [0.2, 0.25) is 0 Å². The Morgan fingerprint density at radius 2 is 1.75 bits per heavy atom. The lowest BCUT2D eigenvalue weighted by atomic mass is 10.3. The molecule has 2 aromatic heterocycles. The van der Waals surface area contributed by atoms with E-state index in [0.717, 1.165) is 10.0 Å². The van der Waals surface area contributed by atoms with Gasteiger partial charge in [-0.2, -0.15) is 0 Å². The predicted molar refractivity (Wildman–Crippen MR) is 103 cm³/mol. The van der Waals surface area contributed by atoms with E-state index in [4.69, 9.17) is 4.42 Å². The zero-order valence-corrected chi connectivity index (χ0v) is 15.1.